The number of likely N-dealkylation sites (N-methyl/N-ethyl adjacent to an activating group) is 1. The molecule has 3 N–H and O–H groups in total. The van der Waals surface area contributed by atoms with Crippen molar-refractivity contribution in [2.45, 2.75) is 83.8 Å². The van der Waals surface area contributed by atoms with E-state index in [1.54, 1.807) is 0 Å². The van der Waals surface area contributed by atoms with Crippen molar-refractivity contribution in [1.82, 2.24) is 40.0 Å². The van der Waals surface area contributed by atoms with E-state index in [0.29, 0.717) is 6.54 Å². The number of amides is 3. The second-order valence-corrected chi connectivity index (χ2v) is 23.2. The molecule has 0 saturated carbocycles. The summed E-state index contributed by atoms with van der Waals surface area (Å²) in [6.45, 7) is 15.0. The number of fused-ring (bicyclic) bond motifs is 1. The van der Waals surface area contributed by atoms with Gasteiger partial charge in [0, 0.05) is 18.3 Å². The summed E-state index contributed by atoms with van der Waals surface area (Å²) in [6.07, 6.45) is 5.59. The van der Waals surface area contributed by atoms with Crippen molar-refractivity contribution in [2.75, 3.05) is 32.9 Å². The van der Waals surface area contributed by atoms with Crippen LogP contribution in [0.1, 0.15) is 75.9 Å². The lowest BCUT2D eigenvalue weighted by Gasteiger charge is -2.34. The Hall–Kier alpha value is -6.05. The van der Waals surface area contributed by atoms with E-state index in [2.05, 4.69) is 125 Å². The van der Waals surface area contributed by atoms with Crippen molar-refractivity contribution in [3.8, 4) is 33.6 Å². The number of hydrogen-bond donors (Lipinski definition) is 3. The van der Waals surface area contributed by atoms with Gasteiger partial charge in [-0.15, -0.1) is 0 Å². The molecular weight excluding hydrogens is 805 g/mol. The second-order valence-electron chi connectivity index (χ2n) is 18.2. The SMILES string of the molecule is CCN(CC)[C@@H](C(=O)N1C[Si](C)(C)C[C@H]1c1ncc(-c2ccc(-c3ccc4cc(-c5cnc([C@@H]6CCCN6C(=O)[C@@H](NC(=O)OC)C(C)C)[nH]5)ccc4c3)cc2)[nH]1)c1ccccc1. The quantitative estimate of drug-likeness (QED) is 0.0984. The molecule has 2 aromatic heterocycles. The molecule has 13 heteroatoms. The van der Waals surface area contributed by atoms with Gasteiger partial charge in [0.15, 0.2) is 0 Å². The number of rotatable bonds is 13. The summed E-state index contributed by atoms with van der Waals surface area (Å²) < 4.78 is 4.78. The van der Waals surface area contributed by atoms with E-state index in [1.807, 2.05) is 49.3 Å². The molecule has 0 unspecified atom stereocenters. The Balaban J connectivity index is 0.963. The van der Waals surface area contributed by atoms with Crippen LogP contribution in [0.3, 0.4) is 0 Å². The van der Waals surface area contributed by atoms with Gasteiger partial charge >= 0.3 is 6.09 Å². The number of imidazole rings is 2. The first-order chi connectivity index (χ1) is 30.4. The van der Waals surface area contributed by atoms with Gasteiger partial charge in [0.1, 0.15) is 23.7 Å². The summed E-state index contributed by atoms with van der Waals surface area (Å²) >= 11 is 0. The average molecular weight is 865 g/mol. The molecule has 2 fully saturated rings. The fourth-order valence-electron chi connectivity index (χ4n) is 9.57. The minimum Gasteiger partial charge on any atom is -0.453 e. The maximum atomic E-state index is 14.6. The fraction of sp³-hybridized carbons (Fsp3) is 0.380. The number of likely N-dealkylation sites (tertiary alicyclic amines) is 1. The first-order valence-electron chi connectivity index (χ1n) is 22.4. The first kappa shape index (κ1) is 43.6. The number of nitrogens with one attached hydrogen (secondary N) is 3. The predicted octanol–water partition coefficient (Wildman–Crippen LogP) is 9.55. The molecule has 2 aliphatic rings. The van der Waals surface area contributed by atoms with Crippen LogP contribution < -0.4 is 5.32 Å². The number of carbonyl (C=O) groups is 3. The van der Waals surface area contributed by atoms with Crippen molar-refractivity contribution in [3.63, 3.8) is 0 Å². The molecule has 0 spiro atoms. The maximum Gasteiger partial charge on any atom is 0.407 e. The number of hydrogen-bond acceptors (Lipinski definition) is 7. The Kier molecular flexibility index (Phi) is 12.7. The van der Waals surface area contributed by atoms with Crippen LogP contribution >= 0.6 is 0 Å². The highest BCUT2D eigenvalue weighted by molar-refractivity contribution is 6.78. The van der Waals surface area contributed by atoms with Crippen molar-refractivity contribution in [1.29, 1.82) is 0 Å². The number of alkyl carbamates (subject to hydrolysis) is 1. The molecule has 0 radical (unpaired) electrons. The van der Waals surface area contributed by atoms with Crippen molar-refractivity contribution in [2.24, 2.45) is 5.92 Å². The summed E-state index contributed by atoms with van der Waals surface area (Å²) in [6, 6.07) is 31.4. The third kappa shape index (κ3) is 9.07. The lowest BCUT2D eigenvalue weighted by molar-refractivity contribution is -0.138. The van der Waals surface area contributed by atoms with E-state index in [0.717, 1.165) is 99.8 Å². The summed E-state index contributed by atoms with van der Waals surface area (Å²) in [5.41, 5.74) is 7.15. The zero-order valence-corrected chi connectivity index (χ0v) is 38.5. The smallest absolute Gasteiger partial charge is 0.407 e. The van der Waals surface area contributed by atoms with Crippen molar-refractivity contribution < 1.29 is 19.1 Å². The monoisotopic (exact) mass is 864 g/mol. The normalized spacial score (nSPS) is 18.3. The number of benzene rings is 4. The largest absolute Gasteiger partial charge is 0.453 e. The van der Waals surface area contributed by atoms with Gasteiger partial charge in [-0.05, 0) is 83.1 Å². The lowest BCUT2D eigenvalue weighted by atomic mass is 9.98. The summed E-state index contributed by atoms with van der Waals surface area (Å²) in [4.78, 5) is 63.2. The van der Waals surface area contributed by atoms with Gasteiger partial charge in [0.05, 0.1) is 51.0 Å². The molecule has 2 aliphatic heterocycles. The summed E-state index contributed by atoms with van der Waals surface area (Å²) in [7, 11) is -0.392. The Morgan fingerprint density at radius 1 is 0.778 bits per heavy atom. The van der Waals surface area contributed by atoms with Crippen LogP contribution in [0.5, 0.6) is 0 Å². The van der Waals surface area contributed by atoms with E-state index in [1.165, 1.54) is 7.11 Å². The Labute approximate surface area is 371 Å². The zero-order chi connectivity index (χ0) is 44.4. The Bertz CT molecular complexity index is 2570. The van der Waals surface area contributed by atoms with Crippen molar-refractivity contribution >= 4 is 36.8 Å². The molecule has 0 aliphatic carbocycles. The summed E-state index contributed by atoms with van der Waals surface area (Å²) in [5, 5.41) is 4.95. The number of aromatic nitrogens is 4. The molecule has 4 atom stereocenters. The minimum absolute atomic E-state index is 0.0865. The molecule has 12 nitrogen and oxygen atoms in total. The van der Waals surface area contributed by atoms with Crippen molar-refractivity contribution in [3.05, 3.63) is 121 Å². The number of nitrogens with zero attached hydrogens (tertiary/aromatic N) is 5. The number of aromatic amines is 2. The van der Waals surface area contributed by atoms with Gasteiger partial charge in [-0.1, -0.05) is 120 Å². The van der Waals surface area contributed by atoms with Gasteiger partial charge in [-0.3, -0.25) is 14.5 Å². The highest BCUT2D eigenvalue weighted by Gasteiger charge is 2.46. The highest BCUT2D eigenvalue weighted by Crippen LogP contribution is 2.40. The fourth-order valence-corrected chi connectivity index (χ4v) is 12.5. The number of H-pyrrole nitrogens is 2. The molecule has 328 valence electrons. The van der Waals surface area contributed by atoms with E-state index in [-0.39, 0.29) is 35.9 Å². The van der Waals surface area contributed by atoms with E-state index in [9.17, 15) is 14.4 Å². The minimum atomic E-state index is -1.69. The average Bonchev–Trinajstić information content (AvgIpc) is 4.13. The van der Waals surface area contributed by atoms with E-state index in [4.69, 9.17) is 14.7 Å². The summed E-state index contributed by atoms with van der Waals surface area (Å²) in [5.74, 6) is 1.53. The standard InChI is InChI=1S/C50H60N8O4Si/c1-8-56(9-2)45(35-14-11-10-12-15-35)49(60)58-31-63(6,7)30-43(58)47-52-28-40(53-47)34-19-17-33(18-20-34)36-21-22-38-27-39(24-23-37(38)26-36)41-29-51-46(54-41)42-16-13-25-57(42)48(59)44(32(3)4)55-50(61)62-5/h10-12,14-15,17-24,26-29,32,42-45H,8-9,13,16,25,30-31H2,1-7H3,(H,51,54)(H,52,53)(H,55,61)/t42-,43-,44-,45+/m0/s1. The molecule has 4 heterocycles. The van der Waals surface area contributed by atoms with Gasteiger partial charge in [0.2, 0.25) is 11.8 Å². The third-order valence-electron chi connectivity index (χ3n) is 13.0. The van der Waals surface area contributed by atoms with Crippen LogP contribution in [-0.4, -0.2) is 99.6 Å². The number of methoxy groups -OCH3 is 1. The first-order valence-corrected chi connectivity index (χ1v) is 25.8. The van der Waals surface area contributed by atoms with Crippen LogP contribution in [0.4, 0.5) is 4.79 Å². The van der Waals surface area contributed by atoms with Gasteiger partial charge in [-0.25, -0.2) is 14.8 Å². The van der Waals surface area contributed by atoms with Crippen LogP contribution in [0.25, 0.3) is 44.4 Å². The second kappa shape index (κ2) is 18.3. The molecular formula is C50H60N8O4Si. The third-order valence-corrected chi connectivity index (χ3v) is 15.6. The maximum absolute atomic E-state index is 14.6. The van der Waals surface area contributed by atoms with E-state index >= 15 is 0 Å². The zero-order valence-electron chi connectivity index (χ0n) is 37.5. The molecule has 2 saturated heterocycles. The predicted molar refractivity (Wildman–Crippen MR) is 251 cm³/mol. The Morgan fingerprint density at radius 3 is 2.00 bits per heavy atom. The molecule has 6 aromatic rings. The number of carbonyl (C=O) groups excluding carboxylic acids is 3. The molecule has 63 heavy (non-hydrogen) atoms. The highest BCUT2D eigenvalue weighted by atomic mass is 28.3. The van der Waals surface area contributed by atoms with E-state index < -0.39 is 20.2 Å². The lowest BCUT2D eigenvalue weighted by Crippen LogP contribution is -2.51. The topological polar surface area (TPSA) is 140 Å². The van der Waals surface area contributed by atoms with Gasteiger partial charge < -0.3 is 29.8 Å². The molecule has 4 aromatic carbocycles. The van der Waals surface area contributed by atoms with Crippen LogP contribution in [0.15, 0.2) is 103 Å². The van der Waals surface area contributed by atoms with Gasteiger partial charge in [-0.2, -0.15) is 0 Å². The molecule has 8 rings (SSSR count). The number of ether oxygens (including phenoxy) is 1. The molecule has 3 amide bonds. The van der Waals surface area contributed by atoms with Crippen LogP contribution in [-0.2, 0) is 14.3 Å². The van der Waals surface area contributed by atoms with Crippen LogP contribution in [0.2, 0.25) is 19.1 Å². The molecule has 0 bridgehead atoms. The Morgan fingerprint density at radius 2 is 1.37 bits per heavy atom. The van der Waals surface area contributed by atoms with Gasteiger partial charge in [0.25, 0.3) is 0 Å². The van der Waals surface area contributed by atoms with Crippen LogP contribution in [0, 0.1) is 5.92 Å².